The SMILES string of the molecule is COc1cc2c(cc1CNC(=O)[C@@H](c1cccnc1)N1CCCC1)OCCO2. The molecule has 0 unspecified atom stereocenters. The van der Waals surface area contributed by atoms with E-state index in [1.165, 1.54) is 0 Å². The van der Waals surface area contributed by atoms with Gasteiger partial charge in [-0.05, 0) is 43.6 Å². The van der Waals surface area contributed by atoms with Gasteiger partial charge >= 0.3 is 0 Å². The van der Waals surface area contributed by atoms with E-state index in [0.717, 1.165) is 37.1 Å². The molecule has 1 fully saturated rings. The van der Waals surface area contributed by atoms with E-state index in [1.807, 2.05) is 24.3 Å². The highest BCUT2D eigenvalue weighted by atomic mass is 16.6. The highest BCUT2D eigenvalue weighted by molar-refractivity contribution is 5.83. The Labute approximate surface area is 164 Å². The minimum Gasteiger partial charge on any atom is -0.496 e. The first kappa shape index (κ1) is 18.6. The summed E-state index contributed by atoms with van der Waals surface area (Å²) in [5.74, 6) is 1.98. The van der Waals surface area contributed by atoms with Gasteiger partial charge in [-0.15, -0.1) is 0 Å². The van der Waals surface area contributed by atoms with E-state index in [1.54, 1.807) is 19.5 Å². The van der Waals surface area contributed by atoms with Gasteiger partial charge in [0.25, 0.3) is 0 Å². The molecular weight excluding hydrogens is 358 g/mol. The number of carbonyl (C=O) groups is 1. The lowest BCUT2D eigenvalue weighted by Crippen LogP contribution is -2.39. The van der Waals surface area contributed by atoms with E-state index in [-0.39, 0.29) is 11.9 Å². The van der Waals surface area contributed by atoms with Gasteiger partial charge in [-0.2, -0.15) is 0 Å². The van der Waals surface area contributed by atoms with E-state index in [0.29, 0.717) is 37.0 Å². The average molecular weight is 383 g/mol. The summed E-state index contributed by atoms with van der Waals surface area (Å²) in [6.45, 7) is 3.22. The monoisotopic (exact) mass is 383 g/mol. The molecule has 1 saturated heterocycles. The number of likely N-dealkylation sites (tertiary alicyclic amines) is 1. The summed E-state index contributed by atoms with van der Waals surface area (Å²) in [7, 11) is 1.61. The standard InChI is InChI=1S/C21H25N3O4/c1-26-17-12-19-18(27-9-10-28-19)11-16(17)14-23-21(25)20(24-7-2-3-8-24)15-5-4-6-22-13-15/h4-6,11-13,20H,2-3,7-10,14H2,1H3,(H,23,25)/t20-/m1/s1. The van der Waals surface area contributed by atoms with Gasteiger partial charge in [0.15, 0.2) is 11.5 Å². The number of nitrogens with zero attached hydrogens (tertiary/aromatic N) is 2. The first-order valence-electron chi connectivity index (χ1n) is 9.64. The van der Waals surface area contributed by atoms with E-state index < -0.39 is 0 Å². The number of benzene rings is 1. The highest BCUT2D eigenvalue weighted by Crippen LogP contribution is 2.36. The summed E-state index contributed by atoms with van der Waals surface area (Å²) in [5, 5.41) is 3.07. The number of hydrogen-bond donors (Lipinski definition) is 1. The Morgan fingerprint density at radius 2 is 2.00 bits per heavy atom. The van der Waals surface area contributed by atoms with Crippen LogP contribution in [0, 0.1) is 0 Å². The van der Waals surface area contributed by atoms with Gasteiger partial charge in [0.05, 0.1) is 7.11 Å². The van der Waals surface area contributed by atoms with Crippen LogP contribution in [0.3, 0.4) is 0 Å². The number of carbonyl (C=O) groups excluding carboxylic acids is 1. The van der Waals surface area contributed by atoms with Gasteiger partial charge < -0.3 is 19.5 Å². The lowest BCUT2D eigenvalue weighted by atomic mass is 10.1. The third-order valence-corrected chi connectivity index (χ3v) is 5.15. The molecule has 1 aromatic heterocycles. The van der Waals surface area contributed by atoms with E-state index in [9.17, 15) is 4.79 Å². The van der Waals surface area contributed by atoms with E-state index in [4.69, 9.17) is 14.2 Å². The lowest BCUT2D eigenvalue weighted by molar-refractivity contribution is -0.126. The van der Waals surface area contributed by atoms with Gasteiger partial charge in [0, 0.05) is 30.6 Å². The molecule has 0 aliphatic carbocycles. The number of methoxy groups -OCH3 is 1. The highest BCUT2D eigenvalue weighted by Gasteiger charge is 2.30. The van der Waals surface area contributed by atoms with E-state index >= 15 is 0 Å². The fourth-order valence-corrected chi connectivity index (χ4v) is 3.78. The number of fused-ring (bicyclic) bond motifs is 1. The summed E-state index contributed by atoms with van der Waals surface area (Å²) in [5.41, 5.74) is 1.77. The Morgan fingerprint density at radius 3 is 2.68 bits per heavy atom. The molecule has 4 rings (SSSR count). The van der Waals surface area contributed by atoms with Crippen molar-refractivity contribution in [2.24, 2.45) is 0 Å². The predicted octanol–water partition coefficient (Wildman–Crippen LogP) is 2.31. The third kappa shape index (κ3) is 3.89. The molecular formula is C21H25N3O4. The summed E-state index contributed by atoms with van der Waals surface area (Å²) >= 11 is 0. The molecule has 0 radical (unpaired) electrons. The van der Waals surface area contributed by atoms with Crippen molar-refractivity contribution in [2.45, 2.75) is 25.4 Å². The summed E-state index contributed by atoms with van der Waals surface area (Å²) in [4.78, 5) is 19.5. The van der Waals surface area contributed by atoms with Crippen LogP contribution in [-0.4, -0.2) is 49.2 Å². The maximum absolute atomic E-state index is 13.1. The number of ether oxygens (including phenoxy) is 3. The minimum atomic E-state index is -0.334. The molecule has 1 amide bonds. The van der Waals surface area contributed by atoms with Crippen molar-refractivity contribution in [3.8, 4) is 17.2 Å². The summed E-state index contributed by atoms with van der Waals surface area (Å²) < 4.78 is 16.7. The molecule has 0 bridgehead atoms. The van der Waals surface area contributed by atoms with Crippen molar-refractivity contribution in [1.82, 2.24) is 15.2 Å². The number of hydrogen-bond acceptors (Lipinski definition) is 6. The van der Waals surface area contributed by atoms with Gasteiger partial charge in [-0.1, -0.05) is 6.07 Å². The Hall–Kier alpha value is -2.80. The Kier molecular flexibility index (Phi) is 5.62. The van der Waals surface area contributed by atoms with Gasteiger partial charge in [-0.3, -0.25) is 14.7 Å². The molecule has 0 saturated carbocycles. The molecule has 2 aliphatic rings. The van der Waals surface area contributed by atoms with Crippen LogP contribution in [0.1, 0.15) is 30.0 Å². The molecule has 7 heteroatoms. The van der Waals surface area contributed by atoms with Crippen molar-refractivity contribution in [2.75, 3.05) is 33.4 Å². The quantitative estimate of drug-likeness (QED) is 0.825. The lowest BCUT2D eigenvalue weighted by Gasteiger charge is -2.27. The maximum atomic E-state index is 13.1. The average Bonchev–Trinajstić information content (AvgIpc) is 3.26. The van der Waals surface area contributed by atoms with Crippen LogP contribution in [0.2, 0.25) is 0 Å². The van der Waals surface area contributed by atoms with Crippen LogP contribution in [0.5, 0.6) is 17.2 Å². The summed E-state index contributed by atoms with van der Waals surface area (Å²) in [6.07, 6.45) is 5.72. The molecule has 28 heavy (non-hydrogen) atoms. The zero-order valence-corrected chi connectivity index (χ0v) is 16.0. The smallest absolute Gasteiger partial charge is 0.242 e. The zero-order chi connectivity index (χ0) is 19.3. The van der Waals surface area contributed by atoms with Crippen LogP contribution in [-0.2, 0) is 11.3 Å². The molecule has 148 valence electrons. The van der Waals surface area contributed by atoms with Crippen molar-refractivity contribution < 1.29 is 19.0 Å². The number of aromatic nitrogens is 1. The molecule has 0 spiro atoms. The number of amides is 1. The van der Waals surface area contributed by atoms with Gasteiger partial charge in [0.1, 0.15) is 25.0 Å². The molecule has 1 aromatic carbocycles. The number of pyridine rings is 1. The molecule has 7 nitrogen and oxygen atoms in total. The molecule has 3 heterocycles. The van der Waals surface area contributed by atoms with E-state index in [2.05, 4.69) is 15.2 Å². The first-order chi connectivity index (χ1) is 13.8. The predicted molar refractivity (Wildman–Crippen MR) is 104 cm³/mol. The first-order valence-corrected chi connectivity index (χ1v) is 9.64. The molecule has 2 aliphatic heterocycles. The van der Waals surface area contributed by atoms with Crippen LogP contribution < -0.4 is 19.5 Å². The van der Waals surface area contributed by atoms with Crippen LogP contribution >= 0.6 is 0 Å². The second-order valence-corrected chi connectivity index (χ2v) is 6.96. The number of nitrogens with one attached hydrogen (secondary N) is 1. The Bertz CT molecular complexity index is 822. The molecule has 1 atom stereocenters. The second kappa shape index (κ2) is 8.48. The van der Waals surface area contributed by atoms with Crippen LogP contribution in [0.4, 0.5) is 0 Å². The summed E-state index contributed by atoms with van der Waals surface area (Å²) in [6, 6.07) is 7.19. The molecule has 1 N–H and O–H groups in total. The fraction of sp³-hybridized carbons (Fsp3) is 0.429. The van der Waals surface area contributed by atoms with Crippen molar-refractivity contribution in [3.63, 3.8) is 0 Å². The number of rotatable bonds is 6. The fourth-order valence-electron chi connectivity index (χ4n) is 3.78. The van der Waals surface area contributed by atoms with Gasteiger partial charge in [0.2, 0.25) is 5.91 Å². The maximum Gasteiger partial charge on any atom is 0.242 e. The second-order valence-electron chi connectivity index (χ2n) is 6.96. The normalized spacial score (nSPS) is 17.2. The van der Waals surface area contributed by atoms with Crippen molar-refractivity contribution in [1.29, 1.82) is 0 Å². The van der Waals surface area contributed by atoms with Crippen LogP contribution in [0.15, 0.2) is 36.7 Å². The topological polar surface area (TPSA) is 72.9 Å². The third-order valence-electron chi connectivity index (χ3n) is 5.15. The molecule has 2 aromatic rings. The minimum absolute atomic E-state index is 0.0353. The van der Waals surface area contributed by atoms with Crippen LogP contribution in [0.25, 0.3) is 0 Å². The Balaban J connectivity index is 1.52. The zero-order valence-electron chi connectivity index (χ0n) is 16.0. The largest absolute Gasteiger partial charge is 0.496 e. The van der Waals surface area contributed by atoms with Crippen molar-refractivity contribution in [3.05, 3.63) is 47.8 Å². The Morgan fingerprint density at radius 1 is 1.25 bits per heavy atom. The van der Waals surface area contributed by atoms with Crippen molar-refractivity contribution >= 4 is 5.91 Å². The van der Waals surface area contributed by atoms with Gasteiger partial charge in [-0.25, -0.2) is 0 Å².